The van der Waals surface area contributed by atoms with Crippen molar-refractivity contribution in [2.24, 2.45) is 0 Å². The molecule has 15 heavy (non-hydrogen) atoms. The van der Waals surface area contributed by atoms with Crippen LogP contribution in [0.15, 0.2) is 42.5 Å². The molecule has 2 aromatic rings. The van der Waals surface area contributed by atoms with Gasteiger partial charge in [-0.3, -0.25) is 0 Å². The molecule has 0 atom stereocenters. The molecule has 0 aromatic heterocycles. The molecule has 0 heterocycles. The molecule has 2 aromatic carbocycles. The number of hydrogen-bond acceptors (Lipinski definition) is 1. The number of phenolic OH excluding ortho intramolecular Hbond substituents is 1. The Morgan fingerprint density at radius 2 is 1.47 bits per heavy atom. The van der Waals surface area contributed by atoms with E-state index in [9.17, 15) is 5.11 Å². The Labute approximate surface area is 91.4 Å². The van der Waals surface area contributed by atoms with Crippen molar-refractivity contribution < 1.29 is 5.11 Å². The molecule has 0 radical (unpaired) electrons. The number of aromatic hydroxyl groups is 1. The van der Waals surface area contributed by atoms with Crippen LogP contribution in [0.4, 0.5) is 0 Å². The van der Waals surface area contributed by atoms with Crippen LogP contribution in [0, 0.1) is 0 Å². The van der Waals surface area contributed by atoms with Gasteiger partial charge >= 0.3 is 0 Å². The molecule has 0 aliphatic carbocycles. The minimum atomic E-state index is 0.350. The summed E-state index contributed by atoms with van der Waals surface area (Å²) in [5, 5.41) is 11.4. The van der Waals surface area contributed by atoms with Gasteiger partial charge in [0.2, 0.25) is 0 Å². The number of rotatable bonds is 1. The van der Waals surface area contributed by atoms with Gasteiger partial charge in [0.05, 0.1) is 0 Å². The van der Waals surface area contributed by atoms with E-state index in [1.54, 1.807) is 6.07 Å². The molecule has 0 fully saturated rings. The van der Waals surface area contributed by atoms with Gasteiger partial charge in [-0.2, -0.15) is 0 Å². The van der Waals surface area contributed by atoms with Crippen molar-refractivity contribution >= 4 is 10.8 Å². The highest BCUT2D eigenvalue weighted by Gasteiger charge is 1.94. The maximum Gasteiger partial charge on any atom is 0.123 e. The third-order valence-corrected chi connectivity index (χ3v) is 2.27. The predicted octanol–water partition coefficient (Wildman–Crippen LogP) is 4.35. The summed E-state index contributed by atoms with van der Waals surface area (Å²) in [6.07, 6.45) is 2.64. The van der Waals surface area contributed by atoms with Gasteiger partial charge in [0, 0.05) is 5.39 Å². The second-order valence-electron chi connectivity index (χ2n) is 3.50. The highest BCUT2D eigenvalue weighted by molar-refractivity contribution is 5.87. The van der Waals surface area contributed by atoms with Crippen LogP contribution < -0.4 is 0 Å². The fraction of sp³-hybridized carbons (Fsp3) is 0.286. The number of fused-ring (bicyclic) bond motifs is 1. The first-order valence-corrected chi connectivity index (χ1v) is 5.46. The highest BCUT2D eigenvalue weighted by atomic mass is 16.3. The highest BCUT2D eigenvalue weighted by Crippen LogP contribution is 2.22. The summed E-state index contributed by atoms with van der Waals surface area (Å²) in [7, 11) is 0. The smallest absolute Gasteiger partial charge is 0.123 e. The Morgan fingerprint density at radius 1 is 0.867 bits per heavy atom. The van der Waals surface area contributed by atoms with Crippen LogP contribution >= 0.6 is 0 Å². The van der Waals surface area contributed by atoms with Crippen LogP contribution in [0.25, 0.3) is 10.8 Å². The summed E-state index contributed by atoms with van der Waals surface area (Å²) in [6.45, 7) is 4.36. The molecule has 0 amide bonds. The van der Waals surface area contributed by atoms with Gasteiger partial charge in [-0.25, -0.2) is 0 Å². The van der Waals surface area contributed by atoms with Crippen molar-refractivity contribution in [2.45, 2.75) is 26.7 Å². The van der Waals surface area contributed by atoms with Crippen LogP contribution in [0.3, 0.4) is 0 Å². The number of unbranched alkanes of at least 4 members (excludes halogenated alkanes) is 1. The third kappa shape index (κ3) is 3.28. The number of benzene rings is 2. The summed E-state index contributed by atoms with van der Waals surface area (Å²) in [4.78, 5) is 0. The van der Waals surface area contributed by atoms with Crippen molar-refractivity contribution in [2.75, 3.05) is 0 Å². The van der Waals surface area contributed by atoms with Crippen molar-refractivity contribution in [3.05, 3.63) is 42.5 Å². The fourth-order valence-corrected chi connectivity index (χ4v) is 1.21. The van der Waals surface area contributed by atoms with Crippen molar-refractivity contribution in [1.82, 2.24) is 0 Å². The van der Waals surface area contributed by atoms with Gasteiger partial charge in [0.1, 0.15) is 5.75 Å². The molecular formula is C14H18O. The minimum Gasteiger partial charge on any atom is -0.507 e. The van der Waals surface area contributed by atoms with Crippen LogP contribution in [0.5, 0.6) is 5.75 Å². The zero-order valence-electron chi connectivity index (χ0n) is 9.40. The van der Waals surface area contributed by atoms with E-state index in [1.807, 2.05) is 36.4 Å². The van der Waals surface area contributed by atoms with E-state index in [-0.39, 0.29) is 0 Å². The van der Waals surface area contributed by atoms with Gasteiger partial charge in [-0.15, -0.1) is 0 Å². The van der Waals surface area contributed by atoms with Crippen LogP contribution in [-0.4, -0.2) is 5.11 Å². The van der Waals surface area contributed by atoms with Gasteiger partial charge in [-0.05, 0) is 11.5 Å². The van der Waals surface area contributed by atoms with Crippen molar-refractivity contribution in [3.63, 3.8) is 0 Å². The zero-order chi connectivity index (χ0) is 11.1. The summed E-state index contributed by atoms with van der Waals surface area (Å²) >= 11 is 0. The topological polar surface area (TPSA) is 20.2 Å². The largest absolute Gasteiger partial charge is 0.507 e. The Bertz CT molecular complexity index is 400. The first-order chi connectivity index (χ1) is 7.29. The molecule has 0 unspecified atom stereocenters. The van der Waals surface area contributed by atoms with E-state index in [4.69, 9.17) is 0 Å². The van der Waals surface area contributed by atoms with E-state index in [1.165, 1.54) is 12.8 Å². The molecule has 0 aliphatic heterocycles. The molecule has 0 saturated carbocycles. The molecule has 2 rings (SSSR count). The molecule has 0 saturated heterocycles. The monoisotopic (exact) mass is 202 g/mol. The Morgan fingerprint density at radius 3 is 2.07 bits per heavy atom. The molecule has 1 heteroatoms. The quantitative estimate of drug-likeness (QED) is 0.728. The maximum atomic E-state index is 9.37. The van der Waals surface area contributed by atoms with E-state index in [0.717, 1.165) is 10.8 Å². The number of phenols is 1. The zero-order valence-corrected chi connectivity index (χ0v) is 9.40. The Kier molecular flexibility index (Phi) is 4.69. The van der Waals surface area contributed by atoms with Gasteiger partial charge in [0.25, 0.3) is 0 Å². The maximum absolute atomic E-state index is 9.37. The van der Waals surface area contributed by atoms with Crippen LogP contribution in [0.2, 0.25) is 0 Å². The standard InChI is InChI=1S/C10H8O.C4H10/c11-10-7-3-5-8-4-1-2-6-9(8)10;1-3-4-2/h1-7,11H;3-4H2,1-2H3. The lowest BCUT2D eigenvalue weighted by molar-refractivity contribution is 0.481. The SMILES string of the molecule is CCCC.Oc1cccc2ccccc12. The van der Waals surface area contributed by atoms with Crippen LogP contribution in [-0.2, 0) is 0 Å². The van der Waals surface area contributed by atoms with E-state index in [0.29, 0.717) is 5.75 Å². The lowest BCUT2D eigenvalue weighted by atomic mass is 10.1. The van der Waals surface area contributed by atoms with E-state index in [2.05, 4.69) is 13.8 Å². The average molecular weight is 202 g/mol. The second kappa shape index (κ2) is 6.07. The second-order valence-corrected chi connectivity index (χ2v) is 3.50. The third-order valence-electron chi connectivity index (χ3n) is 2.27. The lowest BCUT2D eigenvalue weighted by Crippen LogP contribution is -1.70. The van der Waals surface area contributed by atoms with Gasteiger partial charge in [0.15, 0.2) is 0 Å². The number of hydrogen-bond donors (Lipinski definition) is 1. The minimum absolute atomic E-state index is 0.350. The fourth-order valence-electron chi connectivity index (χ4n) is 1.21. The van der Waals surface area contributed by atoms with Crippen molar-refractivity contribution in [3.8, 4) is 5.75 Å². The van der Waals surface area contributed by atoms with E-state index >= 15 is 0 Å². The average Bonchev–Trinajstić information content (AvgIpc) is 2.30. The summed E-state index contributed by atoms with van der Waals surface area (Å²) in [6, 6.07) is 13.3. The molecule has 0 aliphatic rings. The first-order valence-electron chi connectivity index (χ1n) is 5.46. The molecule has 0 bridgehead atoms. The molecule has 0 spiro atoms. The normalized spacial score (nSPS) is 9.47. The molecule has 1 nitrogen and oxygen atoms in total. The Hall–Kier alpha value is -1.50. The molecule has 80 valence electrons. The predicted molar refractivity (Wildman–Crippen MR) is 66.2 cm³/mol. The van der Waals surface area contributed by atoms with Crippen molar-refractivity contribution in [1.29, 1.82) is 0 Å². The summed E-state index contributed by atoms with van der Waals surface area (Å²) in [5.41, 5.74) is 0. The lowest BCUT2D eigenvalue weighted by Gasteiger charge is -1.97. The summed E-state index contributed by atoms with van der Waals surface area (Å²) < 4.78 is 0. The molecule has 1 N–H and O–H groups in total. The van der Waals surface area contributed by atoms with Crippen LogP contribution in [0.1, 0.15) is 26.7 Å². The van der Waals surface area contributed by atoms with Gasteiger partial charge in [-0.1, -0.05) is 63.1 Å². The van der Waals surface area contributed by atoms with E-state index < -0.39 is 0 Å². The Balaban J connectivity index is 0.000000245. The molecular weight excluding hydrogens is 184 g/mol. The first kappa shape index (κ1) is 11.6. The van der Waals surface area contributed by atoms with Gasteiger partial charge < -0.3 is 5.11 Å². The summed E-state index contributed by atoms with van der Waals surface area (Å²) in [5.74, 6) is 0.350.